The first kappa shape index (κ1) is 18.2. The Morgan fingerprint density at radius 1 is 0.611 bits per heavy atom. The van der Waals surface area contributed by atoms with Crippen molar-refractivity contribution < 1.29 is 0 Å². The first-order chi connectivity index (χ1) is 8.74. The van der Waals surface area contributed by atoms with Gasteiger partial charge in [0.05, 0.1) is 8.07 Å². The van der Waals surface area contributed by atoms with Crippen molar-refractivity contribution in [1.82, 2.24) is 0 Å². The summed E-state index contributed by atoms with van der Waals surface area (Å²) in [7, 11) is -0.889. The van der Waals surface area contributed by atoms with Crippen LogP contribution >= 0.6 is 0 Å². The van der Waals surface area contributed by atoms with Crippen molar-refractivity contribution in [1.29, 1.82) is 0 Å². The van der Waals surface area contributed by atoms with Crippen molar-refractivity contribution >= 4 is 8.07 Å². The van der Waals surface area contributed by atoms with E-state index in [2.05, 4.69) is 20.8 Å². The number of unbranched alkanes of at least 4 members (excludes halogenated alkanes) is 4. The van der Waals surface area contributed by atoms with Crippen LogP contribution in [0.25, 0.3) is 0 Å². The molecule has 0 saturated carbocycles. The second-order valence-electron chi connectivity index (χ2n) is 6.06. The van der Waals surface area contributed by atoms with Gasteiger partial charge in [-0.2, -0.15) is 0 Å². The van der Waals surface area contributed by atoms with Gasteiger partial charge in [0.1, 0.15) is 0 Å². The third kappa shape index (κ3) is 8.31. The van der Waals surface area contributed by atoms with Crippen molar-refractivity contribution in [3.63, 3.8) is 0 Å². The van der Waals surface area contributed by atoms with Gasteiger partial charge in [0, 0.05) is 0 Å². The molecule has 1 nitrogen and oxygen atoms in total. The molecule has 0 heterocycles. The molecule has 2 heteroatoms. The van der Waals surface area contributed by atoms with Crippen molar-refractivity contribution in [3.8, 4) is 0 Å². The van der Waals surface area contributed by atoms with Crippen molar-refractivity contribution in [2.45, 2.75) is 96.3 Å². The molecule has 0 bridgehead atoms. The Morgan fingerprint density at radius 3 is 1.50 bits per heavy atom. The summed E-state index contributed by atoms with van der Waals surface area (Å²) in [5, 5.41) is 0. The van der Waals surface area contributed by atoms with Crippen molar-refractivity contribution in [2.75, 3.05) is 6.54 Å². The molecule has 0 atom stereocenters. The highest BCUT2D eigenvalue weighted by Crippen LogP contribution is 2.32. The van der Waals surface area contributed by atoms with Gasteiger partial charge in [0.2, 0.25) is 0 Å². The van der Waals surface area contributed by atoms with Gasteiger partial charge in [-0.1, -0.05) is 89.9 Å². The second-order valence-corrected chi connectivity index (χ2v) is 11.1. The normalized spacial score (nSPS) is 12.0. The molecule has 0 rings (SSSR count). The van der Waals surface area contributed by atoms with Gasteiger partial charge >= 0.3 is 0 Å². The molecule has 0 aromatic heterocycles. The van der Waals surface area contributed by atoms with Gasteiger partial charge in [-0.3, -0.25) is 0 Å². The van der Waals surface area contributed by atoms with Gasteiger partial charge in [-0.15, -0.1) is 0 Å². The summed E-state index contributed by atoms with van der Waals surface area (Å²) in [6.45, 7) is 8.02. The molecule has 18 heavy (non-hydrogen) atoms. The molecule has 0 aliphatic rings. The summed E-state index contributed by atoms with van der Waals surface area (Å²) < 4.78 is 0. The average molecular weight is 272 g/mol. The van der Waals surface area contributed by atoms with Crippen LogP contribution in [0.1, 0.15) is 72.1 Å². The second kappa shape index (κ2) is 12.2. The van der Waals surface area contributed by atoms with E-state index in [0.717, 1.165) is 6.54 Å². The largest absolute Gasteiger partial charge is 0.330 e. The average Bonchev–Trinajstić information content (AvgIpc) is 2.35. The molecule has 0 saturated heterocycles. The first-order valence-corrected chi connectivity index (χ1v) is 11.3. The van der Waals surface area contributed by atoms with Crippen molar-refractivity contribution in [3.05, 3.63) is 0 Å². The molecule has 0 aromatic rings. The molecule has 110 valence electrons. The Balaban J connectivity index is 3.97. The Bertz CT molecular complexity index is 153. The molecule has 0 fully saturated rings. The monoisotopic (exact) mass is 271 g/mol. The Kier molecular flexibility index (Phi) is 12.3. The molecule has 0 aromatic carbocycles. The van der Waals surface area contributed by atoms with Crippen LogP contribution in [0.15, 0.2) is 0 Å². The first-order valence-electron chi connectivity index (χ1n) is 8.44. The van der Waals surface area contributed by atoms with Crippen LogP contribution in [-0.4, -0.2) is 14.6 Å². The standard InChI is InChI=1S/C16H37NSi/c1-4-13-18(14-5-2,15-6-3)16-11-9-7-8-10-12-17/h4-17H2,1-3H3. The van der Waals surface area contributed by atoms with Crippen LogP contribution in [0.4, 0.5) is 0 Å². The van der Waals surface area contributed by atoms with Crippen LogP contribution in [0.5, 0.6) is 0 Å². The van der Waals surface area contributed by atoms with Crippen LogP contribution in [-0.2, 0) is 0 Å². The zero-order chi connectivity index (χ0) is 13.7. The third-order valence-electron chi connectivity index (χ3n) is 4.25. The van der Waals surface area contributed by atoms with E-state index in [0.29, 0.717) is 0 Å². The maximum absolute atomic E-state index is 5.54. The highest BCUT2D eigenvalue weighted by molar-refractivity contribution is 6.79. The Hall–Kier alpha value is 0.177. The van der Waals surface area contributed by atoms with E-state index in [1.807, 2.05) is 0 Å². The van der Waals surface area contributed by atoms with E-state index in [9.17, 15) is 0 Å². The summed E-state index contributed by atoms with van der Waals surface area (Å²) in [4.78, 5) is 0. The van der Waals surface area contributed by atoms with E-state index in [1.54, 1.807) is 24.2 Å². The minimum atomic E-state index is -0.889. The van der Waals surface area contributed by atoms with E-state index in [4.69, 9.17) is 5.73 Å². The maximum Gasteiger partial charge on any atom is 0.0535 e. The van der Waals surface area contributed by atoms with E-state index < -0.39 is 8.07 Å². The van der Waals surface area contributed by atoms with Gasteiger partial charge in [0.25, 0.3) is 0 Å². The summed E-state index contributed by atoms with van der Waals surface area (Å²) in [6, 6.07) is 6.34. The fourth-order valence-electron chi connectivity index (χ4n) is 3.52. The zero-order valence-corrected chi connectivity index (χ0v) is 14.3. The van der Waals surface area contributed by atoms with Gasteiger partial charge in [-0.25, -0.2) is 0 Å². The van der Waals surface area contributed by atoms with Gasteiger partial charge in [0.15, 0.2) is 0 Å². The lowest BCUT2D eigenvalue weighted by Crippen LogP contribution is -2.33. The number of hydrogen-bond donors (Lipinski definition) is 1. The van der Waals surface area contributed by atoms with Gasteiger partial charge < -0.3 is 5.73 Å². The molecular weight excluding hydrogens is 234 g/mol. The minimum Gasteiger partial charge on any atom is -0.330 e. The van der Waals surface area contributed by atoms with E-state index in [1.165, 1.54) is 51.4 Å². The smallest absolute Gasteiger partial charge is 0.0535 e. The molecule has 0 spiro atoms. The lowest BCUT2D eigenvalue weighted by molar-refractivity contribution is 0.632. The fourth-order valence-corrected chi connectivity index (χ4v) is 9.20. The Labute approximate surface area is 117 Å². The maximum atomic E-state index is 5.54. The molecule has 0 unspecified atom stereocenters. The van der Waals surface area contributed by atoms with Crippen molar-refractivity contribution in [2.24, 2.45) is 5.73 Å². The van der Waals surface area contributed by atoms with E-state index >= 15 is 0 Å². The minimum absolute atomic E-state index is 0.875. The summed E-state index contributed by atoms with van der Waals surface area (Å²) >= 11 is 0. The SMILES string of the molecule is CCC[Si](CCC)(CCC)CCCCCCCN. The predicted octanol–water partition coefficient (Wildman–Crippen LogP) is 5.57. The third-order valence-corrected chi connectivity index (χ3v) is 10.3. The van der Waals surface area contributed by atoms with Gasteiger partial charge in [-0.05, 0) is 13.0 Å². The molecule has 0 aliphatic heterocycles. The highest BCUT2D eigenvalue weighted by Gasteiger charge is 2.28. The van der Waals surface area contributed by atoms with Crippen LogP contribution in [0, 0.1) is 0 Å². The number of nitrogens with two attached hydrogens (primary N) is 1. The zero-order valence-electron chi connectivity index (χ0n) is 13.3. The van der Waals surface area contributed by atoms with Crippen LogP contribution < -0.4 is 5.73 Å². The number of hydrogen-bond acceptors (Lipinski definition) is 1. The highest BCUT2D eigenvalue weighted by atomic mass is 28.3. The van der Waals surface area contributed by atoms with Crippen LogP contribution in [0.2, 0.25) is 24.2 Å². The Morgan fingerprint density at radius 2 is 1.06 bits per heavy atom. The lowest BCUT2D eigenvalue weighted by Gasteiger charge is -2.31. The van der Waals surface area contributed by atoms with Crippen LogP contribution in [0.3, 0.4) is 0 Å². The fraction of sp³-hybridized carbons (Fsp3) is 1.00. The predicted molar refractivity (Wildman–Crippen MR) is 88.0 cm³/mol. The molecule has 0 radical (unpaired) electrons. The quantitative estimate of drug-likeness (QED) is 0.344. The van der Waals surface area contributed by atoms with E-state index in [-0.39, 0.29) is 0 Å². The molecule has 2 N–H and O–H groups in total. The molecule has 0 amide bonds. The lowest BCUT2D eigenvalue weighted by atomic mass is 10.2. The summed E-state index contributed by atoms with van der Waals surface area (Å²) in [5.41, 5.74) is 5.54. The topological polar surface area (TPSA) is 26.0 Å². The summed E-state index contributed by atoms with van der Waals surface area (Å²) in [6.07, 6.45) is 11.2. The molecule has 0 aliphatic carbocycles. The molecular formula is C16H37NSi. The summed E-state index contributed by atoms with van der Waals surface area (Å²) in [5.74, 6) is 0. The number of rotatable bonds is 13.